The topological polar surface area (TPSA) is 35.6 Å². The Labute approximate surface area is 104 Å². The summed E-state index contributed by atoms with van der Waals surface area (Å²) in [5.74, 6) is 0.950. The van der Waals surface area contributed by atoms with Crippen LogP contribution in [0.15, 0.2) is 0 Å². The van der Waals surface area contributed by atoms with E-state index in [9.17, 15) is 4.79 Å². The molecular formula is C13H25N3O. The number of nitrogens with zero attached hydrogens (tertiary/aromatic N) is 2. The molecule has 0 aromatic rings. The molecular weight excluding hydrogens is 214 g/mol. The molecule has 1 N–H and O–H groups in total. The lowest BCUT2D eigenvalue weighted by Crippen LogP contribution is -2.51. The van der Waals surface area contributed by atoms with Crippen molar-refractivity contribution in [2.45, 2.75) is 32.7 Å². The zero-order valence-electron chi connectivity index (χ0n) is 11.1. The molecule has 2 aliphatic heterocycles. The average molecular weight is 239 g/mol. The normalized spacial score (nSPS) is 27.8. The Kier molecular flexibility index (Phi) is 4.40. The third kappa shape index (κ3) is 3.42. The lowest BCUT2D eigenvalue weighted by atomic mass is 9.96. The number of hydrogen-bond donors (Lipinski definition) is 1. The van der Waals surface area contributed by atoms with Crippen LogP contribution < -0.4 is 5.32 Å². The molecule has 1 amide bonds. The molecule has 17 heavy (non-hydrogen) atoms. The second kappa shape index (κ2) is 5.83. The first-order chi connectivity index (χ1) is 8.16. The van der Waals surface area contributed by atoms with Gasteiger partial charge >= 0.3 is 0 Å². The van der Waals surface area contributed by atoms with E-state index in [4.69, 9.17) is 0 Å². The number of carbonyl (C=O) groups excluding carboxylic acids is 1. The molecule has 0 radical (unpaired) electrons. The first-order valence-corrected chi connectivity index (χ1v) is 6.89. The molecule has 2 rings (SSSR count). The van der Waals surface area contributed by atoms with Gasteiger partial charge in [0.15, 0.2) is 0 Å². The Balaban J connectivity index is 1.83. The molecule has 1 atom stereocenters. The fraction of sp³-hybridized carbons (Fsp3) is 0.923. The minimum absolute atomic E-state index is 0.276. The lowest BCUT2D eigenvalue weighted by Gasteiger charge is -2.38. The van der Waals surface area contributed by atoms with Crippen LogP contribution in [0.3, 0.4) is 0 Å². The maximum atomic E-state index is 11.7. The maximum absolute atomic E-state index is 11.7. The van der Waals surface area contributed by atoms with Crippen LogP contribution in [-0.4, -0.2) is 61.0 Å². The summed E-state index contributed by atoms with van der Waals surface area (Å²) in [6.07, 6.45) is 2.56. The molecule has 0 bridgehead atoms. The SMILES string of the molecule is CC(C)N1CCCC(CN2CCNCC2=O)C1. The van der Waals surface area contributed by atoms with Gasteiger partial charge in [0, 0.05) is 32.2 Å². The summed E-state index contributed by atoms with van der Waals surface area (Å²) in [7, 11) is 0. The fourth-order valence-electron chi connectivity index (χ4n) is 2.87. The van der Waals surface area contributed by atoms with Crippen molar-refractivity contribution in [1.29, 1.82) is 0 Å². The zero-order chi connectivity index (χ0) is 12.3. The molecule has 2 fully saturated rings. The van der Waals surface area contributed by atoms with E-state index in [1.165, 1.54) is 19.4 Å². The summed E-state index contributed by atoms with van der Waals surface area (Å²) < 4.78 is 0. The number of amides is 1. The number of piperazine rings is 1. The second-order valence-electron chi connectivity index (χ2n) is 5.61. The lowest BCUT2D eigenvalue weighted by molar-refractivity contribution is -0.132. The largest absolute Gasteiger partial charge is 0.340 e. The van der Waals surface area contributed by atoms with Crippen LogP contribution in [0.25, 0.3) is 0 Å². The molecule has 1 unspecified atom stereocenters. The Bertz CT molecular complexity index is 267. The van der Waals surface area contributed by atoms with Gasteiger partial charge in [-0.3, -0.25) is 4.79 Å². The molecule has 98 valence electrons. The van der Waals surface area contributed by atoms with Gasteiger partial charge in [-0.1, -0.05) is 0 Å². The van der Waals surface area contributed by atoms with Crippen molar-refractivity contribution in [3.05, 3.63) is 0 Å². The van der Waals surface area contributed by atoms with Gasteiger partial charge in [-0.2, -0.15) is 0 Å². The summed E-state index contributed by atoms with van der Waals surface area (Å²) in [6.45, 7) is 10.2. The third-order valence-electron chi connectivity index (χ3n) is 3.95. The van der Waals surface area contributed by atoms with Crippen molar-refractivity contribution in [3.8, 4) is 0 Å². The van der Waals surface area contributed by atoms with Crippen LogP contribution in [0.1, 0.15) is 26.7 Å². The molecule has 0 aromatic carbocycles. The summed E-state index contributed by atoms with van der Waals surface area (Å²) in [4.78, 5) is 16.3. The predicted molar refractivity (Wildman–Crippen MR) is 68.9 cm³/mol. The molecule has 0 aromatic heterocycles. The monoisotopic (exact) mass is 239 g/mol. The molecule has 4 heteroatoms. The number of rotatable bonds is 3. The summed E-state index contributed by atoms with van der Waals surface area (Å²) in [6, 6.07) is 0.636. The van der Waals surface area contributed by atoms with Gasteiger partial charge in [-0.15, -0.1) is 0 Å². The first kappa shape index (κ1) is 12.8. The van der Waals surface area contributed by atoms with Crippen LogP contribution in [0.5, 0.6) is 0 Å². The van der Waals surface area contributed by atoms with E-state index < -0.39 is 0 Å². The highest BCUT2D eigenvalue weighted by atomic mass is 16.2. The quantitative estimate of drug-likeness (QED) is 0.781. The smallest absolute Gasteiger partial charge is 0.236 e. The van der Waals surface area contributed by atoms with E-state index in [1.54, 1.807) is 0 Å². The Morgan fingerprint density at radius 2 is 2.24 bits per heavy atom. The van der Waals surface area contributed by atoms with Crippen molar-refractivity contribution in [3.63, 3.8) is 0 Å². The first-order valence-electron chi connectivity index (χ1n) is 6.89. The Morgan fingerprint density at radius 3 is 2.94 bits per heavy atom. The van der Waals surface area contributed by atoms with E-state index in [0.717, 1.165) is 26.2 Å². The van der Waals surface area contributed by atoms with E-state index in [-0.39, 0.29) is 5.91 Å². The van der Waals surface area contributed by atoms with Crippen molar-refractivity contribution < 1.29 is 4.79 Å². The van der Waals surface area contributed by atoms with Gasteiger partial charge in [-0.05, 0) is 39.2 Å². The highest BCUT2D eigenvalue weighted by Crippen LogP contribution is 2.19. The maximum Gasteiger partial charge on any atom is 0.236 e. The highest BCUT2D eigenvalue weighted by molar-refractivity contribution is 5.78. The van der Waals surface area contributed by atoms with Crippen molar-refractivity contribution in [2.24, 2.45) is 5.92 Å². The van der Waals surface area contributed by atoms with Crippen molar-refractivity contribution in [2.75, 3.05) is 39.3 Å². The molecule has 2 saturated heterocycles. The fourth-order valence-corrected chi connectivity index (χ4v) is 2.87. The molecule has 2 heterocycles. The number of likely N-dealkylation sites (tertiary alicyclic amines) is 1. The number of hydrogen-bond acceptors (Lipinski definition) is 3. The van der Waals surface area contributed by atoms with Crippen LogP contribution in [0.4, 0.5) is 0 Å². The van der Waals surface area contributed by atoms with Gasteiger partial charge in [0.05, 0.1) is 6.54 Å². The molecule has 2 aliphatic rings. The van der Waals surface area contributed by atoms with Crippen LogP contribution in [0.2, 0.25) is 0 Å². The van der Waals surface area contributed by atoms with Crippen molar-refractivity contribution in [1.82, 2.24) is 15.1 Å². The van der Waals surface area contributed by atoms with Gasteiger partial charge < -0.3 is 15.1 Å². The standard InChI is InChI=1S/C13H25N3O/c1-11(2)15-6-3-4-12(9-15)10-16-7-5-14-8-13(16)17/h11-12,14H,3-10H2,1-2H3. The van der Waals surface area contributed by atoms with E-state index in [0.29, 0.717) is 18.5 Å². The molecule has 0 spiro atoms. The van der Waals surface area contributed by atoms with E-state index in [1.807, 2.05) is 4.90 Å². The van der Waals surface area contributed by atoms with Gasteiger partial charge in [-0.25, -0.2) is 0 Å². The van der Waals surface area contributed by atoms with Crippen LogP contribution >= 0.6 is 0 Å². The summed E-state index contributed by atoms with van der Waals surface area (Å²) in [5.41, 5.74) is 0. The van der Waals surface area contributed by atoms with Gasteiger partial charge in [0.25, 0.3) is 0 Å². The van der Waals surface area contributed by atoms with Crippen LogP contribution in [0, 0.1) is 5.92 Å². The molecule has 0 saturated carbocycles. The summed E-state index contributed by atoms with van der Waals surface area (Å²) in [5, 5.41) is 3.13. The summed E-state index contributed by atoms with van der Waals surface area (Å²) >= 11 is 0. The predicted octanol–water partition coefficient (Wildman–Crippen LogP) is 0.539. The number of carbonyl (C=O) groups is 1. The second-order valence-corrected chi connectivity index (χ2v) is 5.61. The van der Waals surface area contributed by atoms with Gasteiger partial charge in [0.1, 0.15) is 0 Å². The van der Waals surface area contributed by atoms with Crippen LogP contribution in [-0.2, 0) is 4.79 Å². The van der Waals surface area contributed by atoms with E-state index >= 15 is 0 Å². The molecule has 0 aliphatic carbocycles. The minimum Gasteiger partial charge on any atom is -0.340 e. The molecule has 4 nitrogen and oxygen atoms in total. The Hall–Kier alpha value is -0.610. The van der Waals surface area contributed by atoms with Gasteiger partial charge in [0.2, 0.25) is 5.91 Å². The van der Waals surface area contributed by atoms with Crippen molar-refractivity contribution >= 4 is 5.91 Å². The zero-order valence-corrected chi connectivity index (χ0v) is 11.1. The Morgan fingerprint density at radius 1 is 1.41 bits per heavy atom. The average Bonchev–Trinajstić information content (AvgIpc) is 2.32. The minimum atomic E-state index is 0.276. The van der Waals surface area contributed by atoms with E-state index in [2.05, 4.69) is 24.1 Å². The number of piperidine rings is 1. The number of nitrogens with one attached hydrogen (secondary N) is 1. The third-order valence-corrected chi connectivity index (χ3v) is 3.95. The highest BCUT2D eigenvalue weighted by Gasteiger charge is 2.26.